The third kappa shape index (κ3) is 6.60. The molecule has 0 radical (unpaired) electrons. The number of piperazine rings is 1. The minimum Gasteiger partial charge on any atom is -0.358 e. The van der Waals surface area contributed by atoms with E-state index in [-0.39, 0.29) is 17.9 Å². The van der Waals surface area contributed by atoms with Gasteiger partial charge in [0.1, 0.15) is 0 Å². The zero-order chi connectivity index (χ0) is 20.5. The van der Waals surface area contributed by atoms with Crippen molar-refractivity contribution in [2.45, 2.75) is 39.7 Å². The summed E-state index contributed by atoms with van der Waals surface area (Å²) in [6, 6.07) is 8.93. The summed E-state index contributed by atoms with van der Waals surface area (Å²) in [6.45, 7) is 10.1. The minimum absolute atomic E-state index is 0.0196. The molecule has 6 nitrogen and oxygen atoms in total. The predicted molar refractivity (Wildman–Crippen MR) is 113 cm³/mol. The third-order valence-electron chi connectivity index (χ3n) is 5.39. The first-order valence-corrected chi connectivity index (χ1v) is 10.5. The largest absolute Gasteiger partial charge is 0.358 e. The summed E-state index contributed by atoms with van der Waals surface area (Å²) in [5.41, 5.74) is 2.59. The second kappa shape index (κ2) is 11.2. The van der Waals surface area contributed by atoms with Crippen molar-refractivity contribution in [1.82, 2.24) is 20.4 Å². The Hall–Kier alpha value is -1.92. The van der Waals surface area contributed by atoms with Crippen LogP contribution in [-0.4, -0.2) is 67.9 Å². The first kappa shape index (κ1) is 22.4. The molecule has 1 atom stereocenters. The molecule has 0 unspecified atom stereocenters. The van der Waals surface area contributed by atoms with Crippen LogP contribution in [0.25, 0.3) is 0 Å². The Balaban J connectivity index is 1.84. The molecule has 156 valence electrons. The van der Waals surface area contributed by atoms with Crippen molar-refractivity contribution >= 4 is 11.8 Å². The number of amides is 2. The van der Waals surface area contributed by atoms with E-state index in [0.29, 0.717) is 32.1 Å². The first-order valence-electron chi connectivity index (χ1n) is 10.5. The fourth-order valence-electron chi connectivity index (χ4n) is 3.67. The van der Waals surface area contributed by atoms with E-state index in [1.807, 2.05) is 4.90 Å². The fraction of sp³-hybridized carbons (Fsp3) is 0.636. The number of nitrogens with zero attached hydrogens (tertiary/aromatic N) is 2. The van der Waals surface area contributed by atoms with Gasteiger partial charge in [-0.05, 0) is 23.5 Å². The zero-order valence-corrected chi connectivity index (χ0v) is 17.8. The Labute approximate surface area is 169 Å². The van der Waals surface area contributed by atoms with Crippen molar-refractivity contribution in [3.05, 3.63) is 35.4 Å². The number of likely N-dealkylation sites (N-methyl/N-ethyl adjacent to an activating group) is 1. The molecule has 2 rings (SSSR count). The van der Waals surface area contributed by atoms with E-state index in [4.69, 9.17) is 0 Å². The molecule has 1 aliphatic heterocycles. The maximum Gasteiger partial charge on any atom is 0.236 e. The molecule has 1 aliphatic rings. The molecule has 0 aliphatic carbocycles. The summed E-state index contributed by atoms with van der Waals surface area (Å²) in [5, 5.41) is 6.11. The van der Waals surface area contributed by atoms with Crippen LogP contribution < -0.4 is 10.6 Å². The number of nitrogens with one attached hydrogen (secondary N) is 2. The molecular formula is C22H36N4O2. The van der Waals surface area contributed by atoms with Gasteiger partial charge in [-0.15, -0.1) is 0 Å². The third-order valence-corrected chi connectivity index (χ3v) is 5.39. The lowest BCUT2D eigenvalue weighted by Gasteiger charge is -2.34. The van der Waals surface area contributed by atoms with Crippen molar-refractivity contribution in [3.8, 4) is 0 Å². The van der Waals surface area contributed by atoms with Gasteiger partial charge in [0.25, 0.3) is 0 Å². The highest BCUT2D eigenvalue weighted by Crippen LogP contribution is 2.22. The molecule has 2 N–H and O–H groups in total. The standard InChI is InChI=1S/C22H36N4O2/c1-5-6-18-7-9-19(10-8-18)22(17(2)3)24-15-21(28)26-13-11-25(12-14-26)16-20(27)23-4/h7-10,17,22,24H,5-6,11-16H2,1-4H3,(H,23,27)/t22-/m1/s1. The normalized spacial score (nSPS) is 16.2. The van der Waals surface area contributed by atoms with Crippen molar-refractivity contribution in [2.24, 2.45) is 5.92 Å². The van der Waals surface area contributed by atoms with Crippen LogP contribution in [0.4, 0.5) is 0 Å². The molecule has 0 aromatic heterocycles. The average Bonchev–Trinajstić information content (AvgIpc) is 2.69. The maximum absolute atomic E-state index is 12.6. The predicted octanol–water partition coefficient (Wildman–Crippen LogP) is 1.82. The van der Waals surface area contributed by atoms with Gasteiger partial charge in [-0.2, -0.15) is 0 Å². The number of rotatable bonds is 9. The van der Waals surface area contributed by atoms with Crippen LogP contribution in [0.2, 0.25) is 0 Å². The van der Waals surface area contributed by atoms with Crippen LogP contribution in [0, 0.1) is 5.92 Å². The summed E-state index contributed by atoms with van der Waals surface area (Å²) in [6.07, 6.45) is 2.25. The molecule has 1 aromatic rings. The Kier molecular flexibility index (Phi) is 8.93. The van der Waals surface area contributed by atoms with E-state index in [0.717, 1.165) is 25.9 Å². The van der Waals surface area contributed by atoms with E-state index >= 15 is 0 Å². The summed E-state index contributed by atoms with van der Waals surface area (Å²) in [5.74, 6) is 0.549. The molecule has 2 amide bonds. The first-order chi connectivity index (χ1) is 13.4. The van der Waals surface area contributed by atoms with Gasteiger partial charge in [0.05, 0.1) is 13.1 Å². The number of hydrogen-bond acceptors (Lipinski definition) is 4. The highest BCUT2D eigenvalue weighted by atomic mass is 16.2. The van der Waals surface area contributed by atoms with Crippen LogP contribution in [0.3, 0.4) is 0 Å². The van der Waals surface area contributed by atoms with Gasteiger partial charge in [0.2, 0.25) is 11.8 Å². The van der Waals surface area contributed by atoms with E-state index in [1.54, 1.807) is 7.05 Å². The van der Waals surface area contributed by atoms with Crippen LogP contribution in [0.5, 0.6) is 0 Å². The fourth-order valence-corrected chi connectivity index (χ4v) is 3.67. The molecule has 1 fully saturated rings. The summed E-state index contributed by atoms with van der Waals surface area (Å²) in [7, 11) is 1.65. The lowest BCUT2D eigenvalue weighted by atomic mass is 9.94. The van der Waals surface area contributed by atoms with Crippen molar-refractivity contribution < 1.29 is 9.59 Å². The average molecular weight is 389 g/mol. The van der Waals surface area contributed by atoms with Crippen LogP contribution in [0.15, 0.2) is 24.3 Å². The molecule has 0 saturated carbocycles. The molecule has 0 spiro atoms. The zero-order valence-electron chi connectivity index (χ0n) is 17.8. The van der Waals surface area contributed by atoms with E-state index in [1.165, 1.54) is 11.1 Å². The van der Waals surface area contributed by atoms with E-state index in [2.05, 4.69) is 60.6 Å². The Morgan fingerprint density at radius 2 is 1.71 bits per heavy atom. The molecule has 1 aromatic carbocycles. The number of aryl methyl sites for hydroxylation is 1. The second-order valence-electron chi connectivity index (χ2n) is 7.92. The van der Waals surface area contributed by atoms with Crippen molar-refractivity contribution in [2.75, 3.05) is 46.3 Å². The molecule has 28 heavy (non-hydrogen) atoms. The minimum atomic E-state index is 0.0196. The highest BCUT2D eigenvalue weighted by Gasteiger charge is 2.23. The van der Waals surface area contributed by atoms with Crippen molar-refractivity contribution in [1.29, 1.82) is 0 Å². The Morgan fingerprint density at radius 1 is 1.07 bits per heavy atom. The van der Waals surface area contributed by atoms with Gasteiger partial charge in [-0.1, -0.05) is 51.5 Å². The Bertz CT molecular complexity index is 622. The molecule has 1 saturated heterocycles. The summed E-state index contributed by atoms with van der Waals surface area (Å²) >= 11 is 0. The van der Waals surface area contributed by atoms with Crippen LogP contribution >= 0.6 is 0 Å². The lowest BCUT2D eigenvalue weighted by Crippen LogP contribution is -2.52. The second-order valence-corrected chi connectivity index (χ2v) is 7.92. The Morgan fingerprint density at radius 3 is 2.25 bits per heavy atom. The van der Waals surface area contributed by atoms with Gasteiger partial charge in [-0.25, -0.2) is 0 Å². The maximum atomic E-state index is 12.6. The number of benzene rings is 1. The van der Waals surface area contributed by atoms with Crippen molar-refractivity contribution in [3.63, 3.8) is 0 Å². The molecular weight excluding hydrogens is 352 g/mol. The SMILES string of the molecule is CCCc1ccc([C@H](NCC(=O)N2CCN(CC(=O)NC)CC2)C(C)C)cc1. The number of carbonyl (C=O) groups is 2. The summed E-state index contributed by atoms with van der Waals surface area (Å²) in [4.78, 5) is 28.1. The van der Waals surface area contributed by atoms with Crippen LogP contribution in [-0.2, 0) is 16.0 Å². The van der Waals surface area contributed by atoms with E-state index < -0.39 is 0 Å². The number of hydrogen-bond donors (Lipinski definition) is 2. The molecule has 6 heteroatoms. The van der Waals surface area contributed by atoms with Gasteiger partial charge in [-0.3, -0.25) is 14.5 Å². The quantitative estimate of drug-likeness (QED) is 0.677. The van der Waals surface area contributed by atoms with Gasteiger partial charge in [0, 0.05) is 39.3 Å². The topological polar surface area (TPSA) is 64.7 Å². The van der Waals surface area contributed by atoms with E-state index in [9.17, 15) is 9.59 Å². The highest BCUT2D eigenvalue weighted by molar-refractivity contribution is 5.79. The molecule has 1 heterocycles. The van der Waals surface area contributed by atoms with Gasteiger partial charge in [0.15, 0.2) is 0 Å². The monoisotopic (exact) mass is 388 g/mol. The van der Waals surface area contributed by atoms with Crippen LogP contribution in [0.1, 0.15) is 44.4 Å². The van der Waals surface area contributed by atoms with Gasteiger partial charge < -0.3 is 15.5 Å². The molecule has 0 bridgehead atoms. The lowest BCUT2D eigenvalue weighted by molar-refractivity contribution is -0.132. The smallest absolute Gasteiger partial charge is 0.236 e. The van der Waals surface area contributed by atoms with Gasteiger partial charge >= 0.3 is 0 Å². The number of carbonyl (C=O) groups excluding carboxylic acids is 2. The summed E-state index contributed by atoms with van der Waals surface area (Å²) < 4.78 is 0.